The summed E-state index contributed by atoms with van der Waals surface area (Å²) in [5.74, 6) is 0.998. The van der Waals surface area contributed by atoms with Crippen LogP contribution >= 0.6 is 0 Å². The molecule has 1 unspecified atom stereocenters. The molecule has 1 heterocycles. The van der Waals surface area contributed by atoms with Gasteiger partial charge in [-0.3, -0.25) is 0 Å². The van der Waals surface area contributed by atoms with Gasteiger partial charge in [0.15, 0.2) is 0 Å². The molecule has 0 saturated heterocycles. The van der Waals surface area contributed by atoms with E-state index in [1.54, 1.807) is 0 Å². The minimum atomic E-state index is 0.0983. The molecule has 0 aliphatic rings. The predicted molar refractivity (Wildman–Crippen MR) is 78.9 cm³/mol. The monoisotopic (exact) mass is 244 g/mol. The molecule has 0 aliphatic heterocycles. The van der Waals surface area contributed by atoms with E-state index >= 15 is 0 Å². The van der Waals surface area contributed by atoms with E-state index in [2.05, 4.69) is 57.8 Å². The van der Waals surface area contributed by atoms with Gasteiger partial charge in [0, 0.05) is 22.6 Å². The lowest BCUT2D eigenvalue weighted by Gasteiger charge is -2.16. The lowest BCUT2D eigenvalue weighted by molar-refractivity contribution is 0.515. The molecule has 1 aromatic heterocycles. The summed E-state index contributed by atoms with van der Waals surface area (Å²) in [6.45, 7) is 10.9. The summed E-state index contributed by atoms with van der Waals surface area (Å²) >= 11 is 0. The van der Waals surface area contributed by atoms with Gasteiger partial charge in [-0.15, -0.1) is 0 Å². The van der Waals surface area contributed by atoms with Gasteiger partial charge < -0.3 is 10.7 Å². The SMILES string of the molecule is Cc1[nH]c2ccc(C(C)C)cc2c1C(N)C(C)C. The van der Waals surface area contributed by atoms with Gasteiger partial charge >= 0.3 is 0 Å². The lowest BCUT2D eigenvalue weighted by Crippen LogP contribution is -2.17. The first kappa shape index (κ1) is 13.2. The Morgan fingerprint density at radius 2 is 1.78 bits per heavy atom. The Hall–Kier alpha value is -1.28. The van der Waals surface area contributed by atoms with Gasteiger partial charge in [0.25, 0.3) is 0 Å². The van der Waals surface area contributed by atoms with Gasteiger partial charge in [-0.05, 0) is 42.0 Å². The number of nitrogens with two attached hydrogens (primary N) is 1. The summed E-state index contributed by atoms with van der Waals surface area (Å²) in [5.41, 5.74) is 11.4. The fraction of sp³-hybridized carbons (Fsp3) is 0.500. The van der Waals surface area contributed by atoms with Crippen molar-refractivity contribution in [2.75, 3.05) is 0 Å². The number of benzene rings is 1. The van der Waals surface area contributed by atoms with Crippen LogP contribution in [0, 0.1) is 12.8 Å². The highest BCUT2D eigenvalue weighted by molar-refractivity contribution is 5.86. The molecular weight excluding hydrogens is 220 g/mol. The fourth-order valence-corrected chi connectivity index (χ4v) is 2.49. The van der Waals surface area contributed by atoms with Crippen molar-refractivity contribution in [2.24, 2.45) is 11.7 Å². The molecule has 1 aromatic carbocycles. The normalized spacial score (nSPS) is 13.8. The Labute approximate surface area is 110 Å². The van der Waals surface area contributed by atoms with Gasteiger partial charge in [-0.2, -0.15) is 0 Å². The molecule has 2 aromatic rings. The van der Waals surface area contributed by atoms with Gasteiger partial charge in [-0.1, -0.05) is 33.8 Å². The minimum Gasteiger partial charge on any atom is -0.358 e. The van der Waals surface area contributed by atoms with E-state index in [0.717, 1.165) is 0 Å². The van der Waals surface area contributed by atoms with E-state index in [1.165, 1.54) is 27.7 Å². The second-order valence-electron chi connectivity index (χ2n) is 5.89. The second kappa shape index (κ2) is 4.77. The third kappa shape index (κ3) is 2.17. The van der Waals surface area contributed by atoms with Gasteiger partial charge in [0.1, 0.15) is 0 Å². The van der Waals surface area contributed by atoms with Gasteiger partial charge in [-0.25, -0.2) is 0 Å². The van der Waals surface area contributed by atoms with Crippen LogP contribution in [0.2, 0.25) is 0 Å². The third-order valence-corrected chi connectivity index (χ3v) is 3.78. The molecule has 1 atom stereocenters. The van der Waals surface area contributed by atoms with Crippen LogP contribution in [0.15, 0.2) is 18.2 Å². The maximum atomic E-state index is 6.36. The number of fused-ring (bicyclic) bond motifs is 1. The van der Waals surface area contributed by atoms with E-state index in [-0.39, 0.29) is 6.04 Å². The standard InChI is InChI=1S/C16H24N2/c1-9(2)12-6-7-14-13(8-12)15(11(5)18-14)16(17)10(3)4/h6-10,16,18H,17H2,1-5H3. The van der Waals surface area contributed by atoms with Crippen molar-refractivity contribution in [3.05, 3.63) is 35.0 Å². The summed E-state index contributed by atoms with van der Waals surface area (Å²) in [6.07, 6.45) is 0. The van der Waals surface area contributed by atoms with Crippen LogP contribution in [0.5, 0.6) is 0 Å². The Balaban J connectivity index is 2.64. The maximum absolute atomic E-state index is 6.36. The topological polar surface area (TPSA) is 41.8 Å². The lowest BCUT2D eigenvalue weighted by atomic mass is 9.93. The van der Waals surface area contributed by atoms with Crippen molar-refractivity contribution in [3.8, 4) is 0 Å². The number of aromatic amines is 1. The molecule has 2 heteroatoms. The van der Waals surface area contributed by atoms with Gasteiger partial charge in [0.2, 0.25) is 0 Å². The van der Waals surface area contributed by atoms with Crippen LogP contribution in [-0.2, 0) is 0 Å². The first-order chi connectivity index (χ1) is 8.41. The van der Waals surface area contributed by atoms with Crippen molar-refractivity contribution < 1.29 is 0 Å². The fourth-order valence-electron chi connectivity index (χ4n) is 2.49. The Morgan fingerprint density at radius 3 is 2.33 bits per heavy atom. The number of aromatic nitrogens is 1. The van der Waals surface area contributed by atoms with Crippen LogP contribution in [0.1, 0.15) is 56.5 Å². The first-order valence-electron chi connectivity index (χ1n) is 6.79. The maximum Gasteiger partial charge on any atom is 0.0459 e. The Kier molecular flexibility index (Phi) is 3.49. The molecule has 0 saturated carbocycles. The predicted octanol–water partition coefficient (Wildman–Crippen LogP) is 4.26. The average Bonchev–Trinajstić information content (AvgIpc) is 2.62. The molecule has 2 rings (SSSR count). The molecule has 0 bridgehead atoms. The molecule has 98 valence electrons. The van der Waals surface area contributed by atoms with Gasteiger partial charge in [0.05, 0.1) is 0 Å². The highest BCUT2D eigenvalue weighted by Crippen LogP contribution is 2.32. The van der Waals surface area contributed by atoms with E-state index in [4.69, 9.17) is 5.73 Å². The molecular formula is C16H24N2. The van der Waals surface area contributed by atoms with Crippen molar-refractivity contribution in [1.82, 2.24) is 4.98 Å². The molecule has 18 heavy (non-hydrogen) atoms. The minimum absolute atomic E-state index is 0.0983. The van der Waals surface area contributed by atoms with Crippen molar-refractivity contribution in [1.29, 1.82) is 0 Å². The quantitative estimate of drug-likeness (QED) is 0.832. The Bertz CT molecular complexity index is 549. The van der Waals surface area contributed by atoms with Crippen molar-refractivity contribution >= 4 is 10.9 Å². The van der Waals surface area contributed by atoms with E-state index in [9.17, 15) is 0 Å². The number of rotatable bonds is 3. The van der Waals surface area contributed by atoms with Crippen LogP contribution in [0.25, 0.3) is 10.9 Å². The molecule has 3 N–H and O–H groups in total. The zero-order valence-electron chi connectivity index (χ0n) is 12.0. The summed E-state index contributed by atoms with van der Waals surface area (Å²) < 4.78 is 0. The second-order valence-corrected chi connectivity index (χ2v) is 5.89. The molecule has 0 radical (unpaired) electrons. The number of H-pyrrole nitrogens is 1. The largest absolute Gasteiger partial charge is 0.358 e. The molecule has 0 fully saturated rings. The number of hydrogen-bond acceptors (Lipinski definition) is 1. The van der Waals surface area contributed by atoms with E-state index in [1.807, 2.05) is 0 Å². The summed E-state index contributed by atoms with van der Waals surface area (Å²) in [4.78, 5) is 3.45. The van der Waals surface area contributed by atoms with Crippen LogP contribution in [0.3, 0.4) is 0 Å². The number of aryl methyl sites for hydroxylation is 1. The Morgan fingerprint density at radius 1 is 1.11 bits per heavy atom. The van der Waals surface area contributed by atoms with Crippen LogP contribution in [-0.4, -0.2) is 4.98 Å². The van der Waals surface area contributed by atoms with E-state index in [0.29, 0.717) is 11.8 Å². The highest BCUT2D eigenvalue weighted by Gasteiger charge is 2.18. The third-order valence-electron chi connectivity index (χ3n) is 3.78. The van der Waals surface area contributed by atoms with Crippen LogP contribution in [0.4, 0.5) is 0 Å². The zero-order valence-corrected chi connectivity index (χ0v) is 12.0. The first-order valence-corrected chi connectivity index (χ1v) is 6.79. The summed E-state index contributed by atoms with van der Waals surface area (Å²) in [7, 11) is 0. The molecule has 0 aliphatic carbocycles. The number of hydrogen-bond donors (Lipinski definition) is 2. The highest BCUT2D eigenvalue weighted by atomic mass is 14.7. The average molecular weight is 244 g/mol. The molecule has 0 spiro atoms. The van der Waals surface area contributed by atoms with E-state index < -0.39 is 0 Å². The van der Waals surface area contributed by atoms with Crippen molar-refractivity contribution in [3.63, 3.8) is 0 Å². The summed E-state index contributed by atoms with van der Waals surface area (Å²) in [5, 5.41) is 1.29. The zero-order chi connectivity index (χ0) is 13.4. The van der Waals surface area contributed by atoms with Crippen molar-refractivity contribution in [2.45, 2.75) is 46.6 Å². The smallest absolute Gasteiger partial charge is 0.0459 e. The number of nitrogens with one attached hydrogen (secondary N) is 1. The molecule has 0 amide bonds. The molecule has 2 nitrogen and oxygen atoms in total. The van der Waals surface area contributed by atoms with Crippen LogP contribution < -0.4 is 5.73 Å². The summed E-state index contributed by atoms with van der Waals surface area (Å²) in [6, 6.07) is 6.77.